The molecule has 0 saturated heterocycles. The quantitative estimate of drug-likeness (QED) is 0.467. The van der Waals surface area contributed by atoms with Crippen molar-refractivity contribution in [1.29, 1.82) is 0 Å². The summed E-state index contributed by atoms with van der Waals surface area (Å²) in [6.45, 7) is 0. The highest BCUT2D eigenvalue weighted by atomic mass is 32.2. The predicted molar refractivity (Wildman–Crippen MR) is 27.5 cm³/mol. The number of thioether (sulfide) groups is 1. The molecule has 6 heavy (non-hydrogen) atoms. The molecule has 0 aliphatic rings. The standard InChI is InChI=1S/C4H8OS/c1-6-4-2-3-5/h2-3,5H,4H2,1H3/p-1/b3-2+. The van der Waals surface area contributed by atoms with Crippen molar-refractivity contribution in [2.45, 2.75) is 0 Å². The van der Waals surface area contributed by atoms with Crippen molar-refractivity contribution in [3.05, 3.63) is 12.3 Å². The largest absolute Gasteiger partial charge is 0.878 e. The molecule has 0 spiro atoms. The van der Waals surface area contributed by atoms with Gasteiger partial charge in [0.25, 0.3) is 0 Å². The normalized spacial score (nSPS) is 10.2. The van der Waals surface area contributed by atoms with Crippen LogP contribution in [0.5, 0.6) is 0 Å². The SMILES string of the molecule is CSC/C=C/[O-]. The number of hydrogen-bond donors (Lipinski definition) is 0. The van der Waals surface area contributed by atoms with E-state index in [9.17, 15) is 5.11 Å². The summed E-state index contributed by atoms with van der Waals surface area (Å²) in [6, 6.07) is 0. The molecule has 0 heterocycles. The first kappa shape index (κ1) is 5.89. The average molecular weight is 103 g/mol. The summed E-state index contributed by atoms with van der Waals surface area (Å²) in [5.74, 6) is 0.837. The van der Waals surface area contributed by atoms with Crippen LogP contribution in [0.4, 0.5) is 0 Å². The molecular weight excluding hydrogens is 96.1 g/mol. The Morgan fingerprint density at radius 1 is 1.83 bits per heavy atom. The highest BCUT2D eigenvalue weighted by Crippen LogP contribution is 1.88. The molecule has 0 radical (unpaired) electrons. The summed E-state index contributed by atoms with van der Waals surface area (Å²) in [6.07, 6.45) is 4.36. The summed E-state index contributed by atoms with van der Waals surface area (Å²) in [5.41, 5.74) is 0. The molecule has 0 aromatic heterocycles. The molecule has 0 aliphatic heterocycles. The van der Waals surface area contributed by atoms with Crippen LogP contribution in [0.15, 0.2) is 12.3 Å². The topological polar surface area (TPSA) is 23.1 Å². The molecule has 0 rings (SSSR count). The first-order chi connectivity index (χ1) is 2.91. The zero-order valence-corrected chi connectivity index (χ0v) is 4.49. The van der Waals surface area contributed by atoms with Gasteiger partial charge in [0.15, 0.2) is 0 Å². The number of hydrogen-bond acceptors (Lipinski definition) is 2. The molecule has 0 fully saturated rings. The van der Waals surface area contributed by atoms with E-state index in [1.54, 1.807) is 17.8 Å². The van der Waals surface area contributed by atoms with E-state index in [4.69, 9.17) is 0 Å². The fourth-order valence-electron chi connectivity index (χ4n) is 0.136. The molecule has 0 aliphatic carbocycles. The fraction of sp³-hybridized carbons (Fsp3) is 0.500. The molecule has 0 bridgehead atoms. The Balaban J connectivity index is 2.66. The minimum Gasteiger partial charge on any atom is -0.878 e. The second-order valence-corrected chi connectivity index (χ2v) is 1.74. The third-order valence-corrected chi connectivity index (χ3v) is 0.885. The maximum absolute atomic E-state index is 9.49. The minimum atomic E-state index is 0.816. The Labute approximate surface area is 42.1 Å². The van der Waals surface area contributed by atoms with Gasteiger partial charge >= 0.3 is 0 Å². The third-order valence-electron chi connectivity index (χ3n) is 0.359. The van der Waals surface area contributed by atoms with E-state index in [1.807, 2.05) is 6.26 Å². The molecule has 2 heteroatoms. The van der Waals surface area contributed by atoms with E-state index in [2.05, 4.69) is 0 Å². The lowest BCUT2D eigenvalue weighted by atomic mass is 10.7. The van der Waals surface area contributed by atoms with E-state index in [1.165, 1.54) is 0 Å². The molecule has 0 saturated carbocycles. The maximum Gasteiger partial charge on any atom is 0.0102 e. The van der Waals surface area contributed by atoms with Gasteiger partial charge in [-0.15, -0.1) is 0 Å². The average Bonchev–Trinajstić information content (AvgIpc) is 1.61. The second-order valence-electron chi connectivity index (χ2n) is 0.827. The van der Waals surface area contributed by atoms with Crippen molar-refractivity contribution in [1.82, 2.24) is 0 Å². The van der Waals surface area contributed by atoms with Crippen molar-refractivity contribution in [2.24, 2.45) is 0 Å². The van der Waals surface area contributed by atoms with Gasteiger partial charge in [-0.2, -0.15) is 18.0 Å². The summed E-state index contributed by atoms with van der Waals surface area (Å²) >= 11 is 1.64. The molecule has 1 nitrogen and oxygen atoms in total. The number of rotatable bonds is 2. The Morgan fingerprint density at radius 3 is 2.67 bits per heavy atom. The van der Waals surface area contributed by atoms with Gasteiger partial charge < -0.3 is 5.11 Å². The Hall–Kier alpha value is -0.110. The van der Waals surface area contributed by atoms with E-state index < -0.39 is 0 Å². The van der Waals surface area contributed by atoms with Crippen LogP contribution >= 0.6 is 11.8 Å². The van der Waals surface area contributed by atoms with Crippen LogP contribution in [0.25, 0.3) is 0 Å². The second kappa shape index (κ2) is 4.89. The van der Waals surface area contributed by atoms with Gasteiger partial charge in [0, 0.05) is 5.75 Å². The van der Waals surface area contributed by atoms with Crippen LogP contribution in [-0.2, 0) is 0 Å². The first-order valence-electron chi connectivity index (χ1n) is 1.67. The predicted octanol–water partition coefficient (Wildman–Crippen LogP) is 0.223. The molecule has 0 N–H and O–H groups in total. The lowest BCUT2D eigenvalue weighted by molar-refractivity contribution is -0.274. The summed E-state index contributed by atoms with van der Waals surface area (Å²) in [5, 5.41) is 9.49. The van der Waals surface area contributed by atoms with Crippen LogP contribution in [0, 0.1) is 0 Å². The molecule has 0 aromatic carbocycles. The fourth-order valence-corrected chi connectivity index (χ4v) is 0.407. The molecular formula is C4H7OS-. The monoisotopic (exact) mass is 103 g/mol. The zero-order chi connectivity index (χ0) is 4.83. The van der Waals surface area contributed by atoms with Gasteiger partial charge in [-0.25, -0.2) is 0 Å². The van der Waals surface area contributed by atoms with Gasteiger partial charge in [0.05, 0.1) is 0 Å². The van der Waals surface area contributed by atoms with E-state index >= 15 is 0 Å². The van der Waals surface area contributed by atoms with E-state index in [-0.39, 0.29) is 0 Å². The van der Waals surface area contributed by atoms with Crippen LogP contribution in [-0.4, -0.2) is 12.0 Å². The van der Waals surface area contributed by atoms with Crippen molar-refractivity contribution in [2.75, 3.05) is 12.0 Å². The highest BCUT2D eigenvalue weighted by Gasteiger charge is 1.62. The highest BCUT2D eigenvalue weighted by molar-refractivity contribution is 7.98. The van der Waals surface area contributed by atoms with Crippen molar-refractivity contribution in [3.8, 4) is 0 Å². The van der Waals surface area contributed by atoms with Gasteiger partial charge in [0.2, 0.25) is 0 Å². The van der Waals surface area contributed by atoms with Gasteiger partial charge in [0.1, 0.15) is 0 Å². The smallest absolute Gasteiger partial charge is 0.0102 e. The third kappa shape index (κ3) is 3.89. The zero-order valence-electron chi connectivity index (χ0n) is 3.68. The van der Waals surface area contributed by atoms with Crippen LogP contribution < -0.4 is 5.11 Å². The minimum absolute atomic E-state index is 0.816. The summed E-state index contributed by atoms with van der Waals surface area (Å²) in [4.78, 5) is 0. The van der Waals surface area contributed by atoms with Gasteiger partial charge in [-0.1, -0.05) is 6.08 Å². The van der Waals surface area contributed by atoms with Gasteiger partial charge in [-0.3, -0.25) is 0 Å². The first-order valence-corrected chi connectivity index (χ1v) is 3.07. The van der Waals surface area contributed by atoms with Crippen LogP contribution in [0.1, 0.15) is 0 Å². The molecule has 36 valence electrons. The summed E-state index contributed by atoms with van der Waals surface area (Å²) < 4.78 is 0. The van der Waals surface area contributed by atoms with Crippen LogP contribution in [0.2, 0.25) is 0 Å². The maximum atomic E-state index is 9.49. The molecule has 0 unspecified atom stereocenters. The summed E-state index contributed by atoms with van der Waals surface area (Å²) in [7, 11) is 0. The van der Waals surface area contributed by atoms with Crippen molar-refractivity contribution >= 4 is 11.8 Å². The molecule has 0 atom stereocenters. The lowest BCUT2D eigenvalue weighted by Crippen LogP contribution is -1.84. The molecule has 0 aromatic rings. The Bertz CT molecular complexity index is 42.8. The van der Waals surface area contributed by atoms with Crippen molar-refractivity contribution < 1.29 is 5.11 Å². The van der Waals surface area contributed by atoms with Gasteiger partial charge in [-0.05, 0) is 6.26 Å². The lowest BCUT2D eigenvalue weighted by Gasteiger charge is -1.85. The van der Waals surface area contributed by atoms with Crippen molar-refractivity contribution in [3.63, 3.8) is 0 Å². The van der Waals surface area contributed by atoms with E-state index in [0.717, 1.165) is 12.0 Å². The van der Waals surface area contributed by atoms with Crippen LogP contribution in [0.3, 0.4) is 0 Å². The Kier molecular flexibility index (Phi) is 4.80. The molecule has 0 amide bonds. The Morgan fingerprint density at radius 2 is 2.50 bits per heavy atom. The van der Waals surface area contributed by atoms with E-state index in [0.29, 0.717) is 0 Å².